The first-order chi connectivity index (χ1) is 18.6. The van der Waals surface area contributed by atoms with E-state index in [0.29, 0.717) is 11.4 Å². The number of amides is 3. The minimum Gasteiger partial charge on any atom is -0.488 e. The summed E-state index contributed by atoms with van der Waals surface area (Å²) in [5, 5.41) is 17.0. The summed E-state index contributed by atoms with van der Waals surface area (Å²) < 4.78 is 33.9. The molecule has 0 bridgehead atoms. The Balaban J connectivity index is 1.61. The van der Waals surface area contributed by atoms with Crippen LogP contribution in [0.2, 0.25) is 0 Å². The van der Waals surface area contributed by atoms with Gasteiger partial charge in [-0.1, -0.05) is 31.2 Å². The highest BCUT2D eigenvalue weighted by Crippen LogP contribution is 2.31. The van der Waals surface area contributed by atoms with Crippen LogP contribution in [0.4, 0.5) is 16.2 Å². The van der Waals surface area contributed by atoms with Crippen molar-refractivity contribution < 1.29 is 27.9 Å². The maximum Gasteiger partial charge on any atom is 0.323 e. The van der Waals surface area contributed by atoms with Gasteiger partial charge in [-0.2, -0.15) is 4.31 Å². The second kappa shape index (κ2) is 12.2. The van der Waals surface area contributed by atoms with Crippen molar-refractivity contribution in [1.29, 1.82) is 0 Å². The predicted molar refractivity (Wildman–Crippen MR) is 151 cm³/mol. The molecule has 39 heavy (non-hydrogen) atoms. The van der Waals surface area contributed by atoms with Gasteiger partial charge < -0.3 is 25.4 Å². The molecule has 0 unspecified atom stereocenters. The number of para-hydroxylation sites is 1. The number of ether oxygens (including phenoxy) is 1. The Hall–Kier alpha value is -3.45. The first-order valence-corrected chi connectivity index (χ1v) is 14.8. The van der Waals surface area contributed by atoms with E-state index in [4.69, 9.17) is 4.74 Å². The van der Waals surface area contributed by atoms with Crippen molar-refractivity contribution in [1.82, 2.24) is 9.21 Å². The number of carbonyl (C=O) groups excluding carboxylic acids is 2. The second-order valence-electron chi connectivity index (χ2n) is 9.50. The molecule has 3 atom stereocenters. The lowest BCUT2D eigenvalue weighted by Gasteiger charge is -2.38. The largest absolute Gasteiger partial charge is 0.488 e. The van der Waals surface area contributed by atoms with E-state index in [2.05, 4.69) is 10.6 Å². The van der Waals surface area contributed by atoms with Gasteiger partial charge in [0.05, 0.1) is 24.8 Å². The number of anilines is 2. The van der Waals surface area contributed by atoms with Crippen LogP contribution < -0.4 is 15.4 Å². The lowest BCUT2D eigenvalue weighted by atomic mass is 9.99. The Bertz CT molecular complexity index is 1400. The van der Waals surface area contributed by atoms with Crippen molar-refractivity contribution in [2.75, 3.05) is 37.4 Å². The molecule has 2 aromatic carbocycles. The van der Waals surface area contributed by atoms with Crippen molar-refractivity contribution >= 4 is 44.7 Å². The lowest BCUT2D eigenvalue weighted by Crippen LogP contribution is -2.50. The Morgan fingerprint density at radius 3 is 2.54 bits per heavy atom. The first kappa shape index (κ1) is 28.6. The molecule has 12 heteroatoms. The number of hydrogen-bond donors (Lipinski definition) is 3. The van der Waals surface area contributed by atoms with Crippen LogP contribution in [0.3, 0.4) is 0 Å². The van der Waals surface area contributed by atoms with Crippen LogP contribution in [0, 0.1) is 5.92 Å². The summed E-state index contributed by atoms with van der Waals surface area (Å²) in [7, 11) is -2.21. The van der Waals surface area contributed by atoms with Gasteiger partial charge >= 0.3 is 6.03 Å². The lowest BCUT2D eigenvalue weighted by molar-refractivity contribution is 0.0387. The van der Waals surface area contributed by atoms with Gasteiger partial charge in [0.25, 0.3) is 15.9 Å². The molecule has 1 aliphatic heterocycles. The van der Waals surface area contributed by atoms with E-state index in [-0.39, 0.29) is 47.0 Å². The number of thiophene rings is 1. The highest BCUT2D eigenvalue weighted by molar-refractivity contribution is 7.91. The molecule has 4 rings (SSSR count). The molecule has 10 nitrogen and oxygen atoms in total. The molecule has 0 aliphatic carbocycles. The molecule has 3 N–H and O–H groups in total. The fourth-order valence-corrected chi connectivity index (χ4v) is 6.63. The molecule has 1 aliphatic rings. The van der Waals surface area contributed by atoms with E-state index in [0.717, 1.165) is 11.3 Å². The number of urea groups is 1. The van der Waals surface area contributed by atoms with E-state index in [1.807, 2.05) is 13.0 Å². The smallest absolute Gasteiger partial charge is 0.323 e. The van der Waals surface area contributed by atoms with Gasteiger partial charge in [-0.05, 0) is 48.7 Å². The van der Waals surface area contributed by atoms with Gasteiger partial charge in [0.2, 0.25) is 0 Å². The standard InChI is InChI=1S/C27H32N4O6S2/c1-18-15-31(19(2)17-32)26(33)22-14-21(29-27(34)28-20-8-5-4-6-9-20)11-12-23(22)37-24(18)16-30(3)39(35,36)25-10-7-13-38-25/h4-14,18-19,24,32H,15-17H2,1-3H3,(H2,28,29,34)/t18-,19-,24-/m0/s1. The number of hydrogen-bond acceptors (Lipinski definition) is 7. The fraction of sp³-hybridized carbons (Fsp3) is 0.333. The Morgan fingerprint density at radius 2 is 1.87 bits per heavy atom. The number of aliphatic hydroxyl groups is 1. The Kier molecular flexibility index (Phi) is 8.90. The molecule has 3 aromatic rings. The molecule has 1 aromatic heterocycles. The zero-order chi connectivity index (χ0) is 28.2. The van der Waals surface area contributed by atoms with Crippen LogP contribution in [0.1, 0.15) is 24.2 Å². The van der Waals surface area contributed by atoms with Crippen molar-refractivity contribution in [2.24, 2.45) is 5.92 Å². The van der Waals surface area contributed by atoms with E-state index in [9.17, 15) is 23.1 Å². The van der Waals surface area contributed by atoms with E-state index in [1.54, 1.807) is 65.7 Å². The van der Waals surface area contributed by atoms with Gasteiger partial charge in [-0.25, -0.2) is 13.2 Å². The maximum atomic E-state index is 13.6. The number of carbonyl (C=O) groups is 2. The number of benzene rings is 2. The number of sulfonamides is 1. The van der Waals surface area contributed by atoms with Crippen LogP contribution in [-0.4, -0.2) is 73.6 Å². The summed E-state index contributed by atoms with van der Waals surface area (Å²) in [4.78, 5) is 27.7. The molecule has 0 fully saturated rings. The van der Waals surface area contributed by atoms with Gasteiger partial charge in [0, 0.05) is 30.9 Å². The van der Waals surface area contributed by atoms with Crippen molar-refractivity contribution in [3.8, 4) is 5.75 Å². The summed E-state index contributed by atoms with van der Waals surface area (Å²) in [6.45, 7) is 3.67. The van der Waals surface area contributed by atoms with Crippen LogP contribution in [0.25, 0.3) is 0 Å². The zero-order valence-electron chi connectivity index (χ0n) is 21.9. The molecule has 2 heterocycles. The monoisotopic (exact) mass is 572 g/mol. The highest BCUT2D eigenvalue weighted by atomic mass is 32.2. The maximum absolute atomic E-state index is 13.6. The van der Waals surface area contributed by atoms with Crippen molar-refractivity contribution in [3.05, 3.63) is 71.6 Å². The average Bonchev–Trinajstić information content (AvgIpc) is 3.47. The number of nitrogens with zero attached hydrogens (tertiary/aromatic N) is 2. The van der Waals surface area contributed by atoms with Gasteiger partial charge in [-0.3, -0.25) is 4.79 Å². The van der Waals surface area contributed by atoms with E-state index in [1.165, 1.54) is 17.4 Å². The third-order valence-corrected chi connectivity index (χ3v) is 9.75. The molecule has 0 spiro atoms. The van der Waals surface area contributed by atoms with Gasteiger partial charge in [0.15, 0.2) is 0 Å². The summed E-state index contributed by atoms with van der Waals surface area (Å²) >= 11 is 1.14. The molecular weight excluding hydrogens is 540 g/mol. The van der Waals surface area contributed by atoms with Crippen LogP contribution in [0.15, 0.2) is 70.3 Å². The van der Waals surface area contributed by atoms with Crippen LogP contribution in [0.5, 0.6) is 5.75 Å². The Morgan fingerprint density at radius 1 is 1.15 bits per heavy atom. The molecular formula is C27H32N4O6S2. The molecule has 0 saturated heterocycles. The predicted octanol–water partition coefficient (Wildman–Crippen LogP) is 3.93. The normalized spacial score (nSPS) is 18.5. The molecule has 208 valence electrons. The van der Waals surface area contributed by atoms with E-state index >= 15 is 0 Å². The number of likely N-dealkylation sites (N-methyl/N-ethyl adjacent to an activating group) is 1. The van der Waals surface area contributed by atoms with Gasteiger partial charge in [0.1, 0.15) is 16.1 Å². The van der Waals surface area contributed by atoms with Crippen LogP contribution in [-0.2, 0) is 10.0 Å². The third-order valence-electron chi connectivity index (χ3n) is 6.55. The number of nitrogens with one attached hydrogen (secondary N) is 2. The topological polar surface area (TPSA) is 128 Å². The average molecular weight is 573 g/mol. The van der Waals surface area contributed by atoms with Crippen molar-refractivity contribution in [3.63, 3.8) is 0 Å². The zero-order valence-corrected chi connectivity index (χ0v) is 23.5. The molecule has 3 amide bonds. The van der Waals surface area contributed by atoms with Crippen LogP contribution >= 0.6 is 11.3 Å². The van der Waals surface area contributed by atoms with Gasteiger partial charge in [-0.15, -0.1) is 11.3 Å². The third kappa shape index (κ3) is 6.59. The number of aliphatic hydroxyl groups excluding tert-OH is 1. The summed E-state index contributed by atoms with van der Waals surface area (Å²) in [6, 6.07) is 15.9. The summed E-state index contributed by atoms with van der Waals surface area (Å²) in [6.07, 6.45) is -0.592. The second-order valence-corrected chi connectivity index (χ2v) is 12.7. The van der Waals surface area contributed by atoms with E-state index < -0.39 is 28.2 Å². The fourth-order valence-electron chi connectivity index (χ4n) is 4.25. The number of rotatable bonds is 8. The Labute approximate surface area is 232 Å². The minimum absolute atomic E-state index is 0.0514. The first-order valence-electron chi connectivity index (χ1n) is 12.5. The summed E-state index contributed by atoms with van der Waals surface area (Å²) in [5.74, 6) is -0.349. The summed E-state index contributed by atoms with van der Waals surface area (Å²) in [5.41, 5.74) is 1.19. The van der Waals surface area contributed by atoms with Crippen molar-refractivity contribution in [2.45, 2.75) is 30.2 Å². The minimum atomic E-state index is -3.71. The SMILES string of the molecule is C[C@H]1CN([C@@H](C)CO)C(=O)c2cc(NC(=O)Nc3ccccc3)ccc2O[C@H]1CN(C)S(=O)(=O)c1cccs1. The quantitative estimate of drug-likeness (QED) is 0.375. The molecule has 0 radical (unpaired) electrons. The highest BCUT2D eigenvalue weighted by Gasteiger charge is 2.35. The number of fused-ring (bicyclic) bond motifs is 1. The molecule has 0 saturated carbocycles.